The van der Waals surface area contributed by atoms with E-state index < -0.39 is 0 Å². The Balaban J connectivity index is 1.65. The first kappa shape index (κ1) is 15.6. The maximum absolute atomic E-state index is 13.1. The lowest BCUT2D eigenvalue weighted by molar-refractivity contribution is 0.0884. The van der Waals surface area contributed by atoms with Gasteiger partial charge in [-0.05, 0) is 31.9 Å². The number of aromatic amines is 1. The van der Waals surface area contributed by atoms with E-state index in [4.69, 9.17) is 0 Å². The summed E-state index contributed by atoms with van der Waals surface area (Å²) in [5.41, 5.74) is 1.92. The van der Waals surface area contributed by atoms with Gasteiger partial charge in [0.2, 0.25) is 0 Å². The van der Waals surface area contributed by atoms with Crippen molar-refractivity contribution in [1.82, 2.24) is 25.6 Å². The summed E-state index contributed by atoms with van der Waals surface area (Å²) in [6.07, 6.45) is 9.39. The zero-order valence-corrected chi connectivity index (χ0v) is 14.2. The van der Waals surface area contributed by atoms with E-state index in [1.54, 1.807) is 12.3 Å². The molecule has 0 aromatic carbocycles. The van der Waals surface area contributed by atoms with Crippen molar-refractivity contribution in [3.05, 3.63) is 23.7 Å². The van der Waals surface area contributed by atoms with Crippen LogP contribution in [0.5, 0.6) is 0 Å². The van der Waals surface area contributed by atoms with Crippen LogP contribution in [0, 0.1) is 0 Å². The Bertz CT molecular complexity index is 755. The maximum Gasteiger partial charge on any atom is 0.254 e. The number of aromatic nitrogens is 3. The van der Waals surface area contributed by atoms with E-state index in [1.165, 1.54) is 19.3 Å². The number of amides is 1. The van der Waals surface area contributed by atoms with Crippen LogP contribution < -0.4 is 10.6 Å². The summed E-state index contributed by atoms with van der Waals surface area (Å²) < 4.78 is 0. The number of carbonyl (C=O) groups excluding carboxylic acids is 1. The predicted octanol–water partition coefficient (Wildman–Crippen LogP) is 2.31. The van der Waals surface area contributed by atoms with E-state index in [9.17, 15) is 4.79 Å². The lowest BCUT2D eigenvalue weighted by atomic mass is 9.85. The number of imidazole rings is 1. The Kier molecular flexibility index (Phi) is 4.00. The van der Waals surface area contributed by atoms with E-state index >= 15 is 0 Å². The summed E-state index contributed by atoms with van der Waals surface area (Å²) in [7, 11) is 0. The molecule has 1 amide bonds. The standard InChI is InChI=1S/C18H25N5O/c1-2-14-21-15-12(7-10-20-16(15)22-14)17(24)23-18-8-5-3-4-6-13(18)19-11-9-18/h7,10,13,19H,2-6,8-9,11H2,1H3,(H,23,24)(H,20,21,22). The van der Waals surface area contributed by atoms with Crippen molar-refractivity contribution in [2.75, 3.05) is 6.54 Å². The molecule has 0 radical (unpaired) electrons. The largest absolute Gasteiger partial charge is 0.345 e. The quantitative estimate of drug-likeness (QED) is 0.808. The van der Waals surface area contributed by atoms with Crippen LogP contribution in [-0.4, -0.2) is 39.0 Å². The van der Waals surface area contributed by atoms with E-state index in [2.05, 4.69) is 25.6 Å². The normalized spacial score (nSPS) is 27.0. The molecule has 2 unspecified atom stereocenters. The molecule has 2 aliphatic rings. The second-order valence-corrected chi connectivity index (χ2v) is 7.06. The summed E-state index contributed by atoms with van der Waals surface area (Å²) in [4.78, 5) is 25.0. The third-order valence-electron chi connectivity index (χ3n) is 5.63. The molecule has 0 bridgehead atoms. The fraction of sp³-hybridized carbons (Fsp3) is 0.611. The molecular formula is C18H25N5O. The van der Waals surface area contributed by atoms with Gasteiger partial charge in [0, 0.05) is 18.7 Å². The van der Waals surface area contributed by atoms with Gasteiger partial charge < -0.3 is 15.6 Å². The highest BCUT2D eigenvalue weighted by Crippen LogP contribution is 2.34. The Morgan fingerprint density at radius 3 is 3.17 bits per heavy atom. The highest BCUT2D eigenvalue weighted by atomic mass is 16.1. The minimum absolute atomic E-state index is 0.00990. The molecule has 128 valence electrons. The van der Waals surface area contributed by atoms with E-state index in [0.29, 0.717) is 17.3 Å². The zero-order chi connectivity index (χ0) is 16.6. The SMILES string of the molecule is CCc1nc2nccc(C(=O)NC34CCCCCC3NCC4)c2[nH]1. The molecule has 6 nitrogen and oxygen atoms in total. The number of H-pyrrole nitrogens is 1. The molecule has 3 N–H and O–H groups in total. The molecular weight excluding hydrogens is 302 g/mol. The number of aryl methyl sites for hydroxylation is 1. The fourth-order valence-electron chi connectivity index (χ4n) is 4.30. The first-order chi connectivity index (χ1) is 11.7. The van der Waals surface area contributed by atoms with Gasteiger partial charge in [0.05, 0.1) is 16.6 Å². The lowest BCUT2D eigenvalue weighted by Crippen LogP contribution is -2.55. The predicted molar refractivity (Wildman–Crippen MR) is 93.0 cm³/mol. The summed E-state index contributed by atoms with van der Waals surface area (Å²) in [6, 6.07) is 2.19. The molecule has 3 heterocycles. The molecule has 24 heavy (non-hydrogen) atoms. The number of nitrogens with one attached hydrogen (secondary N) is 3. The van der Waals surface area contributed by atoms with Crippen LogP contribution in [0.2, 0.25) is 0 Å². The van der Waals surface area contributed by atoms with Crippen LogP contribution in [0.3, 0.4) is 0 Å². The van der Waals surface area contributed by atoms with Crippen molar-refractivity contribution in [2.45, 2.75) is 63.5 Å². The van der Waals surface area contributed by atoms with Crippen molar-refractivity contribution >= 4 is 17.1 Å². The van der Waals surface area contributed by atoms with Gasteiger partial charge in [0.15, 0.2) is 5.65 Å². The Morgan fingerprint density at radius 2 is 2.29 bits per heavy atom. The number of fused-ring (bicyclic) bond motifs is 2. The summed E-state index contributed by atoms with van der Waals surface area (Å²) in [5, 5.41) is 6.99. The van der Waals surface area contributed by atoms with Crippen LogP contribution in [0.15, 0.2) is 12.3 Å². The Labute approximate surface area is 141 Å². The number of carbonyl (C=O) groups is 1. The van der Waals surface area contributed by atoms with Crippen LogP contribution in [0.25, 0.3) is 11.2 Å². The fourth-order valence-corrected chi connectivity index (χ4v) is 4.30. The number of pyridine rings is 1. The second-order valence-electron chi connectivity index (χ2n) is 7.06. The first-order valence-corrected chi connectivity index (χ1v) is 9.11. The Morgan fingerprint density at radius 1 is 1.38 bits per heavy atom. The number of hydrogen-bond acceptors (Lipinski definition) is 4. The summed E-state index contributed by atoms with van der Waals surface area (Å²) >= 11 is 0. The third-order valence-corrected chi connectivity index (χ3v) is 5.63. The molecule has 2 atom stereocenters. The first-order valence-electron chi connectivity index (χ1n) is 9.11. The molecule has 2 fully saturated rings. The molecule has 2 aromatic rings. The van der Waals surface area contributed by atoms with E-state index in [0.717, 1.165) is 43.6 Å². The van der Waals surface area contributed by atoms with E-state index in [1.807, 2.05) is 6.92 Å². The average molecular weight is 327 g/mol. The monoisotopic (exact) mass is 327 g/mol. The van der Waals surface area contributed by atoms with Crippen molar-refractivity contribution in [1.29, 1.82) is 0 Å². The number of rotatable bonds is 3. The van der Waals surface area contributed by atoms with Crippen LogP contribution in [-0.2, 0) is 6.42 Å². The van der Waals surface area contributed by atoms with Gasteiger partial charge in [-0.3, -0.25) is 4.79 Å². The summed E-state index contributed by atoms with van der Waals surface area (Å²) in [6.45, 7) is 3.03. The topological polar surface area (TPSA) is 82.7 Å². The molecule has 1 aliphatic heterocycles. The van der Waals surface area contributed by atoms with Crippen molar-refractivity contribution < 1.29 is 4.79 Å². The van der Waals surface area contributed by atoms with Crippen LogP contribution >= 0.6 is 0 Å². The molecule has 1 saturated heterocycles. The van der Waals surface area contributed by atoms with Gasteiger partial charge in [-0.25, -0.2) is 9.97 Å². The maximum atomic E-state index is 13.1. The molecule has 4 rings (SSSR count). The average Bonchev–Trinajstić information content (AvgIpc) is 3.14. The van der Waals surface area contributed by atoms with Gasteiger partial charge in [0.1, 0.15) is 5.82 Å². The van der Waals surface area contributed by atoms with Crippen molar-refractivity contribution in [3.63, 3.8) is 0 Å². The number of hydrogen-bond donors (Lipinski definition) is 3. The molecule has 1 aliphatic carbocycles. The van der Waals surface area contributed by atoms with Crippen molar-refractivity contribution in [2.24, 2.45) is 0 Å². The van der Waals surface area contributed by atoms with Gasteiger partial charge in [-0.1, -0.05) is 26.2 Å². The van der Waals surface area contributed by atoms with Gasteiger partial charge in [0.25, 0.3) is 5.91 Å². The minimum Gasteiger partial charge on any atom is -0.345 e. The third kappa shape index (κ3) is 2.59. The second kappa shape index (κ2) is 6.16. The van der Waals surface area contributed by atoms with E-state index in [-0.39, 0.29) is 11.4 Å². The van der Waals surface area contributed by atoms with Crippen LogP contribution in [0.1, 0.15) is 61.6 Å². The highest BCUT2D eigenvalue weighted by Gasteiger charge is 2.44. The zero-order valence-electron chi connectivity index (χ0n) is 14.2. The molecule has 1 saturated carbocycles. The Hall–Kier alpha value is -1.95. The van der Waals surface area contributed by atoms with Crippen LogP contribution in [0.4, 0.5) is 0 Å². The highest BCUT2D eigenvalue weighted by molar-refractivity contribution is 6.04. The van der Waals surface area contributed by atoms with Gasteiger partial charge in [-0.2, -0.15) is 0 Å². The smallest absolute Gasteiger partial charge is 0.254 e. The number of nitrogens with zero attached hydrogens (tertiary/aromatic N) is 2. The summed E-state index contributed by atoms with van der Waals surface area (Å²) in [5.74, 6) is 0.857. The minimum atomic E-state index is -0.100. The molecule has 0 spiro atoms. The molecule has 2 aromatic heterocycles. The molecule has 6 heteroatoms. The van der Waals surface area contributed by atoms with Crippen molar-refractivity contribution in [3.8, 4) is 0 Å². The van der Waals surface area contributed by atoms with Gasteiger partial charge in [-0.15, -0.1) is 0 Å². The lowest BCUT2D eigenvalue weighted by Gasteiger charge is -2.35. The van der Waals surface area contributed by atoms with Gasteiger partial charge >= 0.3 is 0 Å².